The molecule has 1 fully saturated rings. The van der Waals surface area contributed by atoms with Crippen LogP contribution < -0.4 is 5.14 Å². The maximum absolute atomic E-state index is 15.0. The molecule has 2 aromatic rings. The number of hydrogen-bond acceptors (Lipinski definition) is 4. The molecule has 2 N–H and O–H groups in total. The van der Waals surface area contributed by atoms with Crippen molar-refractivity contribution in [2.45, 2.75) is 56.4 Å². The maximum atomic E-state index is 15.0. The van der Waals surface area contributed by atoms with E-state index in [1.807, 2.05) is 25.1 Å². The van der Waals surface area contributed by atoms with Gasteiger partial charge in [-0.2, -0.15) is 5.26 Å². The summed E-state index contributed by atoms with van der Waals surface area (Å²) in [4.78, 5) is 14.3. The lowest BCUT2D eigenvalue weighted by atomic mass is 9.87. The van der Waals surface area contributed by atoms with Crippen molar-refractivity contribution in [1.82, 2.24) is 4.90 Å². The quantitative estimate of drug-likeness (QED) is 0.644. The minimum atomic E-state index is -3.84. The molecule has 1 atom stereocenters. The summed E-state index contributed by atoms with van der Waals surface area (Å²) in [5.74, 6) is -2.43. The summed E-state index contributed by atoms with van der Waals surface area (Å²) in [7, 11) is -0.173. The van der Waals surface area contributed by atoms with Crippen molar-refractivity contribution in [3.63, 3.8) is 0 Å². The van der Waals surface area contributed by atoms with Crippen LogP contribution in [-0.2, 0) is 27.7 Å². The summed E-state index contributed by atoms with van der Waals surface area (Å²) in [6, 6.07) is 7.46. The van der Waals surface area contributed by atoms with Crippen LogP contribution in [0.4, 0.5) is 8.78 Å². The molecule has 3 rings (SSSR count). The Morgan fingerprint density at radius 3 is 2.48 bits per heavy atom. The number of halogens is 2. The lowest BCUT2D eigenvalue weighted by Crippen LogP contribution is -2.19. The van der Waals surface area contributed by atoms with Crippen LogP contribution >= 0.6 is 0 Å². The second-order valence-electron chi connectivity index (χ2n) is 8.99. The normalized spacial score (nSPS) is 15.4. The zero-order valence-electron chi connectivity index (χ0n) is 19.2. The third kappa shape index (κ3) is 5.64. The van der Waals surface area contributed by atoms with Gasteiger partial charge < -0.3 is 4.90 Å². The number of amides is 1. The van der Waals surface area contributed by atoms with E-state index in [1.54, 1.807) is 19.9 Å². The first-order valence-corrected chi connectivity index (χ1v) is 12.3. The molecular formula is C24H28F2N4O2S. The average molecular weight is 475 g/mol. The Kier molecular flexibility index (Phi) is 7.32. The molecule has 33 heavy (non-hydrogen) atoms. The number of hydrogen-bond donors (Lipinski definition) is 1. The Morgan fingerprint density at radius 2 is 1.97 bits per heavy atom. The molecular weight excluding hydrogens is 446 g/mol. The predicted molar refractivity (Wildman–Crippen MR) is 123 cm³/mol. The number of carbonyl (C=O) groups excluding carboxylic acids is 1. The average Bonchev–Trinajstić information content (AvgIpc) is 3.52. The van der Waals surface area contributed by atoms with Crippen molar-refractivity contribution in [2.75, 3.05) is 14.1 Å². The summed E-state index contributed by atoms with van der Waals surface area (Å²) in [6.07, 6.45) is 1.44. The van der Waals surface area contributed by atoms with E-state index in [2.05, 4.69) is 4.36 Å². The summed E-state index contributed by atoms with van der Waals surface area (Å²) >= 11 is 0. The minimum absolute atomic E-state index is 0.0590. The first kappa shape index (κ1) is 25.0. The van der Waals surface area contributed by atoms with Gasteiger partial charge in [-0.25, -0.2) is 18.1 Å². The lowest BCUT2D eigenvalue weighted by Gasteiger charge is -2.18. The third-order valence-electron chi connectivity index (χ3n) is 5.54. The van der Waals surface area contributed by atoms with Crippen molar-refractivity contribution in [1.29, 1.82) is 5.26 Å². The Labute approximate surface area is 193 Å². The van der Waals surface area contributed by atoms with Crippen LogP contribution in [0.2, 0.25) is 0 Å². The first-order valence-electron chi connectivity index (χ1n) is 10.7. The third-order valence-corrected chi connectivity index (χ3v) is 6.97. The van der Waals surface area contributed by atoms with E-state index in [9.17, 15) is 23.0 Å². The van der Waals surface area contributed by atoms with E-state index in [4.69, 9.17) is 5.14 Å². The number of nitrogens with zero attached hydrogens (tertiary/aromatic N) is 3. The standard InChI is InChI=1S/C24H28F2N4O2S/c1-14(2)23-19(18(16-6-7-16)10-17(12-27)24(23)26)11-22(31)29-33(28,32)21-8-5-15(9-20(21)25)13-30(3)4/h5,8-10,14,16H,6-7,11,13H2,1-4H3,(H2,28,29,31,32). The molecule has 1 amide bonds. The van der Waals surface area contributed by atoms with Gasteiger partial charge in [0.1, 0.15) is 27.6 Å². The van der Waals surface area contributed by atoms with Crippen LogP contribution in [0, 0.1) is 23.0 Å². The number of benzene rings is 2. The van der Waals surface area contributed by atoms with Crippen molar-refractivity contribution in [3.8, 4) is 6.07 Å². The van der Waals surface area contributed by atoms with Gasteiger partial charge in [-0.15, -0.1) is 4.36 Å². The Bertz CT molecular complexity index is 1250. The zero-order valence-corrected chi connectivity index (χ0v) is 20.0. The molecule has 6 nitrogen and oxygen atoms in total. The lowest BCUT2D eigenvalue weighted by molar-refractivity contribution is -0.117. The zero-order chi connectivity index (χ0) is 24.5. The molecule has 0 aliphatic heterocycles. The fourth-order valence-corrected chi connectivity index (χ4v) is 5.07. The van der Waals surface area contributed by atoms with Crippen LogP contribution in [-0.4, -0.2) is 29.1 Å². The summed E-state index contributed by atoms with van der Waals surface area (Å²) in [6.45, 7) is 4.03. The van der Waals surface area contributed by atoms with Crippen LogP contribution in [0.5, 0.6) is 0 Å². The van der Waals surface area contributed by atoms with E-state index in [-0.39, 0.29) is 34.3 Å². The van der Waals surface area contributed by atoms with Gasteiger partial charge in [0, 0.05) is 6.54 Å². The molecule has 9 heteroatoms. The molecule has 2 aromatic carbocycles. The van der Waals surface area contributed by atoms with Gasteiger partial charge in [0.05, 0.1) is 16.9 Å². The smallest absolute Gasteiger partial charge is 0.259 e. The van der Waals surface area contributed by atoms with Gasteiger partial charge in [-0.3, -0.25) is 4.79 Å². The molecule has 0 heterocycles. The van der Waals surface area contributed by atoms with E-state index < -0.39 is 27.5 Å². The summed E-state index contributed by atoms with van der Waals surface area (Å²) < 4.78 is 46.2. The van der Waals surface area contributed by atoms with Crippen molar-refractivity contribution >= 4 is 15.8 Å². The number of rotatable bonds is 7. The van der Waals surface area contributed by atoms with Crippen molar-refractivity contribution < 1.29 is 17.8 Å². The van der Waals surface area contributed by atoms with Gasteiger partial charge in [-0.05, 0) is 79.2 Å². The molecule has 1 aliphatic carbocycles. The highest BCUT2D eigenvalue weighted by molar-refractivity contribution is 7.91. The molecule has 1 aliphatic rings. The fraction of sp³-hybridized carbons (Fsp3) is 0.417. The second-order valence-corrected chi connectivity index (χ2v) is 10.8. The van der Waals surface area contributed by atoms with Gasteiger partial charge in [-0.1, -0.05) is 19.9 Å². The molecule has 176 valence electrons. The Hall–Kier alpha value is -2.67. The first-order chi connectivity index (χ1) is 15.4. The van der Waals surface area contributed by atoms with Crippen LogP contribution in [0.1, 0.15) is 66.3 Å². The minimum Gasteiger partial charge on any atom is -0.305 e. The van der Waals surface area contributed by atoms with Crippen molar-refractivity contribution in [2.24, 2.45) is 9.50 Å². The number of carbonyl (C=O) groups is 1. The van der Waals surface area contributed by atoms with E-state index in [0.29, 0.717) is 17.7 Å². The largest absolute Gasteiger partial charge is 0.305 e. The van der Waals surface area contributed by atoms with Crippen LogP contribution in [0.15, 0.2) is 33.5 Å². The molecule has 0 spiro atoms. The molecule has 0 saturated heterocycles. The van der Waals surface area contributed by atoms with Gasteiger partial charge in [0.15, 0.2) is 0 Å². The number of nitrogens with two attached hydrogens (primary N) is 1. The van der Waals surface area contributed by atoms with Crippen LogP contribution in [0.3, 0.4) is 0 Å². The highest BCUT2D eigenvalue weighted by Gasteiger charge is 2.31. The van der Waals surface area contributed by atoms with E-state index >= 15 is 0 Å². The van der Waals surface area contributed by atoms with Crippen molar-refractivity contribution in [3.05, 3.63) is 63.7 Å². The van der Waals surface area contributed by atoms with Gasteiger partial charge in [0.2, 0.25) is 0 Å². The van der Waals surface area contributed by atoms with Gasteiger partial charge in [0.25, 0.3) is 5.91 Å². The summed E-state index contributed by atoms with van der Waals surface area (Å²) in [5, 5.41) is 15.1. The highest BCUT2D eigenvalue weighted by Crippen LogP contribution is 2.44. The molecule has 0 aromatic heterocycles. The molecule has 1 unspecified atom stereocenters. The Morgan fingerprint density at radius 1 is 1.30 bits per heavy atom. The molecule has 1 saturated carbocycles. The second kappa shape index (κ2) is 9.67. The summed E-state index contributed by atoms with van der Waals surface area (Å²) in [5.41, 5.74) is 2.07. The van der Waals surface area contributed by atoms with Crippen LogP contribution in [0.25, 0.3) is 0 Å². The predicted octanol–water partition coefficient (Wildman–Crippen LogP) is 4.37. The highest BCUT2D eigenvalue weighted by atomic mass is 32.2. The van der Waals surface area contributed by atoms with E-state index in [0.717, 1.165) is 18.4 Å². The topological polar surface area (TPSA) is 99.5 Å². The molecule has 0 bridgehead atoms. The SMILES string of the molecule is CC(C)c1c(F)c(C#N)cc(C2CC2)c1CC(=O)N=S(N)(=O)c1ccc(CN(C)C)cc1F. The maximum Gasteiger partial charge on any atom is 0.259 e. The Balaban J connectivity index is 2.00. The molecule has 0 radical (unpaired) electrons. The van der Waals surface area contributed by atoms with Gasteiger partial charge >= 0.3 is 0 Å². The van der Waals surface area contributed by atoms with E-state index in [1.165, 1.54) is 18.2 Å². The monoisotopic (exact) mass is 474 g/mol. The fourth-order valence-electron chi connectivity index (χ4n) is 4.01. The number of nitriles is 1.